The lowest BCUT2D eigenvalue weighted by molar-refractivity contribution is -0.118. The number of nitrogen functional groups attached to an aromatic ring is 1. The van der Waals surface area contributed by atoms with Crippen LogP contribution in [0.3, 0.4) is 0 Å². The lowest BCUT2D eigenvalue weighted by Crippen LogP contribution is -2.36. The van der Waals surface area contributed by atoms with Gasteiger partial charge < -0.3 is 41.0 Å². The Morgan fingerprint density at radius 1 is 0.593 bits per heavy atom. The maximum absolute atomic E-state index is 14.7. The quantitative estimate of drug-likeness (QED) is 0.0346. The third-order valence-electron chi connectivity index (χ3n) is 13.6. The standard InChI is InChI=1S/C31H30FN7O2.C19H25N5O2.C12H7FN2S.3CH4/c1-38-28-8-6-23(41-24-11-14-34-29(19-24)37-30(40)20-39-15-3-2-4-16-39)18-27(28)36-31(38)35-26-17-22(5-7-25(26)32)21-9-12-33-13-10-21;1-21-17-6-5-14(11-16(17)20)26-15-7-8-22-18(12-15)23-19(25)13-24-9-3-2-4-10-24;13-11-2-1-10(7-12(11)15-8-16)9-3-5-14-6-4-9;;;/h5-14,17-19H,2-4,15-16,20H2,1H3,(H,35,36)(H,34,37,40);5-8,11-12,21H,2-4,9-10,13,20H2,1H3,(H,22,23,25);1-7H;3*1H4. The summed E-state index contributed by atoms with van der Waals surface area (Å²) in [5.41, 5.74) is 13.1. The van der Waals surface area contributed by atoms with E-state index in [2.05, 4.69) is 78.4 Å². The van der Waals surface area contributed by atoms with E-state index < -0.39 is 5.82 Å². The number of isothiocyanates is 1. The number of hydrogen-bond acceptors (Lipinski definition) is 16. The Hall–Kier alpha value is -9.53. The highest BCUT2D eigenvalue weighted by atomic mass is 32.1. The zero-order valence-corrected chi connectivity index (χ0v) is 46.7. The van der Waals surface area contributed by atoms with Crippen LogP contribution in [0.5, 0.6) is 23.0 Å². The van der Waals surface area contributed by atoms with Gasteiger partial charge in [0, 0.05) is 75.5 Å². The van der Waals surface area contributed by atoms with Crippen molar-refractivity contribution in [1.29, 1.82) is 0 Å². The Morgan fingerprint density at radius 3 is 1.62 bits per heavy atom. The summed E-state index contributed by atoms with van der Waals surface area (Å²) in [6.07, 6.45) is 17.0. The first kappa shape index (κ1) is 65.6. The normalized spacial score (nSPS) is 12.7. The zero-order valence-electron chi connectivity index (χ0n) is 45.9. The number of nitrogens with two attached hydrogens (primary N) is 1. The topological polar surface area (TPSA) is 215 Å². The average molecular weight is 1190 g/mol. The van der Waals surface area contributed by atoms with Crippen molar-refractivity contribution < 1.29 is 27.8 Å². The van der Waals surface area contributed by atoms with Gasteiger partial charge in [-0.25, -0.2) is 23.7 Å². The van der Waals surface area contributed by atoms with Crippen molar-refractivity contribution in [2.45, 2.75) is 60.8 Å². The van der Waals surface area contributed by atoms with Crippen LogP contribution in [-0.4, -0.2) is 103 Å². The zero-order chi connectivity index (χ0) is 57.9. The number of likely N-dealkylation sites (tertiary alicyclic amines) is 2. The van der Waals surface area contributed by atoms with Gasteiger partial charge in [-0.2, -0.15) is 4.99 Å². The van der Waals surface area contributed by atoms with Crippen molar-refractivity contribution in [2.24, 2.45) is 12.0 Å². The van der Waals surface area contributed by atoms with Crippen molar-refractivity contribution in [1.82, 2.24) is 39.3 Å². The van der Waals surface area contributed by atoms with Gasteiger partial charge in [-0.05, 0) is 171 Å². The highest BCUT2D eigenvalue weighted by Gasteiger charge is 2.18. The highest BCUT2D eigenvalue weighted by molar-refractivity contribution is 7.78. The molecule has 0 radical (unpaired) electrons. The van der Waals surface area contributed by atoms with Crippen molar-refractivity contribution >= 4 is 80.6 Å². The molecule has 0 spiro atoms. The molecule has 21 heteroatoms. The Bertz CT molecular complexity index is 3710. The van der Waals surface area contributed by atoms with Crippen LogP contribution in [0, 0.1) is 11.6 Å². The van der Waals surface area contributed by atoms with Crippen LogP contribution in [-0.2, 0) is 16.6 Å². The van der Waals surface area contributed by atoms with E-state index in [9.17, 15) is 18.4 Å². The number of anilines is 6. The van der Waals surface area contributed by atoms with E-state index in [1.165, 1.54) is 25.0 Å². The molecule has 0 saturated carbocycles. The van der Waals surface area contributed by atoms with Crippen molar-refractivity contribution in [3.63, 3.8) is 0 Å². The molecule has 2 amide bonds. The van der Waals surface area contributed by atoms with Crippen molar-refractivity contribution in [2.75, 3.05) is 73.3 Å². The Balaban J connectivity index is 0.000000225. The van der Waals surface area contributed by atoms with E-state index in [0.29, 0.717) is 70.6 Å². The number of imidazole rings is 1. The number of rotatable bonds is 16. The molecule has 11 rings (SSSR count). The monoisotopic (exact) mass is 1180 g/mol. The Labute approximate surface area is 507 Å². The van der Waals surface area contributed by atoms with Gasteiger partial charge in [0.25, 0.3) is 0 Å². The fourth-order valence-corrected chi connectivity index (χ4v) is 9.49. The molecule has 0 aliphatic carbocycles. The molecule has 7 heterocycles. The molecule has 5 aromatic heterocycles. The first-order valence-corrected chi connectivity index (χ1v) is 27.5. The van der Waals surface area contributed by atoms with Gasteiger partial charge in [-0.15, -0.1) is 0 Å². The maximum atomic E-state index is 14.7. The second-order valence-corrected chi connectivity index (χ2v) is 19.7. The van der Waals surface area contributed by atoms with Crippen LogP contribution in [0.2, 0.25) is 0 Å². The summed E-state index contributed by atoms with van der Waals surface area (Å²) in [4.78, 5) is 53.8. The van der Waals surface area contributed by atoms with Crippen LogP contribution in [0.15, 0.2) is 164 Å². The molecule has 86 heavy (non-hydrogen) atoms. The molecule has 9 aromatic rings. The Morgan fingerprint density at radius 2 is 1.09 bits per heavy atom. The summed E-state index contributed by atoms with van der Waals surface area (Å²) < 4.78 is 41.8. The molecule has 2 aliphatic rings. The summed E-state index contributed by atoms with van der Waals surface area (Å²) in [6.45, 7) is 4.61. The molecular weight excluding hydrogens is 1110 g/mol. The number of carbonyl (C=O) groups is 2. The molecule has 18 nitrogen and oxygen atoms in total. The number of carbonyl (C=O) groups excluding carboxylic acids is 2. The average Bonchev–Trinajstić information content (AvgIpc) is 3.05. The molecule has 0 atom stereocenters. The number of pyridine rings is 4. The van der Waals surface area contributed by atoms with E-state index in [0.717, 1.165) is 85.3 Å². The largest absolute Gasteiger partial charge is 0.457 e. The molecule has 6 N–H and O–H groups in total. The number of halogens is 2. The number of fused-ring (bicyclic) bond motifs is 1. The number of nitrogens with zero attached hydrogens (tertiary/aromatic N) is 9. The molecule has 2 saturated heterocycles. The predicted octanol–water partition coefficient (Wildman–Crippen LogP) is 14.6. The van der Waals surface area contributed by atoms with Crippen LogP contribution < -0.4 is 36.5 Å². The lowest BCUT2D eigenvalue weighted by atomic mass is 10.1. The number of aryl methyl sites for hydroxylation is 1. The smallest absolute Gasteiger partial charge is 0.239 e. The van der Waals surface area contributed by atoms with Gasteiger partial charge in [0.15, 0.2) is 0 Å². The highest BCUT2D eigenvalue weighted by Crippen LogP contribution is 2.33. The van der Waals surface area contributed by atoms with Crippen molar-refractivity contribution in [3.8, 4) is 45.3 Å². The number of aliphatic imine (C=N–C) groups is 1. The Kier molecular flexibility index (Phi) is 24.8. The third-order valence-corrected chi connectivity index (χ3v) is 13.7. The molecular formula is C65H74F2N14O4S. The maximum Gasteiger partial charge on any atom is 0.239 e. The third kappa shape index (κ3) is 18.5. The number of thiocarbonyl (C=S) groups is 1. The fraction of sp³-hybridized carbons (Fsp3) is 0.262. The van der Waals surface area contributed by atoms with Crippen LogP contribution in [0.4, 0.5) is 49.1 Å². The number of piperidine rings is 2. The van der Waals surface area contributed by atoms with E-state index in [4.69, 9.17) is 15.2 Å². The van der Waals surface area contributed by atoms with Crippen LogP contribution in [0.1, 0.15) is 60.8 Å². The second kappa shape index (κ2) is 32.5. The molecule has 4 aromatic carbocycles. The number of hydrogen-bond donors (Lipinski definition) is 5. The van der Waals surface area contributed by atoms with Gasteiger partial charge >= 0.3 is 0 Å². The summed E-state index contributed by atoms with van der Waals surface area (Å²) in [5, 5.41) is 14.0. The number of aromatic nitrogens is 6. The molecule has 448 valence electrons. The summed E-state index contributed by atoms with van der Waals surface area (Å²) in [7, 11) is 3.68. The number of amides is 2. The molecule has 0 unspecified atom stereocenters. The molecule has 2 aliphatic heterocycles. The first-order valence-electron chi connectivity index (χ1n) is 27.1. The second-order valence-electron chi connectivity index (χ2n) is 19.5. The predicted molar refractivity (Wildman–Crippen MR) is 345 cm³/mol. The van der Waals surface area contributed by atoms with Gasteiger partial charge in [0.2, 0.25) is 17.8 Å². The minimum Gasteiger partial charge on any atom is -0.457 e. The molecule has 2 fully saturated rings. The fourth-order valence-electron chi connectivity index (χ4n) is 9.39. The van der Waals surface area contributed by atoms with Gasteiger partial charge in [0.1, 0.15) is 52.0 Å². The van der Waals surface area contributed by atoms with E-state index in [1.54, 1.807) is 91.8 Å². The van der Waals surface area contributed by atoms with E-state index in [-0.39, 0.29) is 45.6 Å². The minimum atomic E-state index is -0.407. The van der Waals surface area contributed by atoms with E-state index in [1.807, 2.05) is 73.3 Å². The SMILES string of the molecule is C.C.C.CNc1ccc(Oc2ccnc(NC(=O)CN3CCCCC3)c2)cc1N.Cn1c(Nc2cc(-c3ccncc3)ccc2F)nc2cc(Oc3ccnc(NC(=O)CN4CCCCC4)c3)ccc21.Fc1ccc(-c2ccncc2)cc1N=C=S. The van der Waals surface area contributed by atoms with E-state index >= 15 is 0 Å². The summed E-state index contributed by atoms with van der Waals surface area (Å²) in [6, 6.07) is 34.9. The number of benzene rings is 4. The van der Waals surface area contributed by atoms with Crippen LogP contribution >= 0.6 is 12.2 Å². The number of nitrogens with one attached hydrogen (secondary N) is 4. The van der Waals surface area contributed by atoms with Gasteiger partial charge in [-0.3, -0.25) is 29.4 Å². The summed E-state index contributed by atoms with van der Waals surface area (Å²) >= 11 is 4.46. The van der Waals surface area contributed by atoms with Gasteiger partial charge in [0.05, 0.1) is 46.3 Å². The van der Waals surface area contributed by atoms with Gasteiger partial charge in [-0.1, -0.05) is 47.3 Å². The van der Waals surface area contributed by atoms with Crippen LogP contribution in [0.25, 0.3) is 33.3 Å². The molecule has 0 bridgehead atoms. The lowest BCUT2D eigenvalue weighted by Gasteiger charge is -2.25. The first-order chi connectivity index (χ1) is 40.5. The summed E-state index contributed by atoms with van der Waals surface area (Å²) in [5.74, 6) is 2.80. The van der Waals surface area contributed by atoms with Crippen molar-refractivity contribution in [3.05, 3.63) is 170 Å². The minimum absolute atomic E-state index is 0. The number of ether oxygens (including phenoxy) is 2.